The SMILES string of the molecule is CCOC(C)OCCCCCCC(CC)Nc1cc(CC)nc(Cl)n1.COc1cc(CNCCCNCCCCNCCCN)ccc1O. The molecule has 0 fully saturated rings. The topological polar surface area (TPSA) is 148 Å². The molecule has 1 aromatic carbocycles. The number of aromatic nitrogens is 2. The quantitative estimate of drug-likeness (QED) is 0.0316. The van der Waals surface area contributed by atoms with E-state index in [1.165, 1.54) is 32.1 Å². The van der Waals surface area contributed by atoms with Crippen molar-refractivity contribution in [1.82, 2.24) is 25.9 Å². The Kier molecular flexibility index (Phi) is 27.9. The van der Waals surface area contributed by atoms with E-state index >= 15 is 0 Å². The maximum Gasteiger partial charge on any atom is 0.224 e. The van der Waals surface area contributed by atoms with Crippen LogP contribution in [0.3, 0.4) is 0 Å². The van der Waals surface area contributed by atoms with Crippen LogP contribution in [-0.2, 0) is 22.4 Å². The van der Waals surface area contributed by atoms with E-state index in [1.807, 2.05) is 32.0 Å². The Labute approximate surface area is 302 Å². The lowest BCUT2D eigenvalue weighted by molar-refractivity contribution is -0.127. The minimum absolute atomic E-state index is 0.0913. The molecule has 1 aromatic heterocycles. The molecule has 282 valence electrons. The predicted molar refractivity (Wildman–Crippen MR) is 204 cm³/mol. The standard InChI is InChI=1S/C19H34ClN3O2.C18H34N4O2/c1-5-16(21-18-14-17(6-2)22-19(20)23-18)12-10-8-9-11-13-25-15(4)24-7-3;1-24-18-14-16(6-7-17(18)23)15-22-13-5-12-21-10-3-2-9-20-11-4-8-19/h14-16H,5-13H2,1-4H3,(H,21,22,23);6-7,14,20-23H,2-5,8-13,15,19H2,1H3. The molecule has 2 unspecified atom stereocenters. The van der Waals surface area contributed by atoms with Crippen LogP contribution in [0.25, 0.3) is 0 Å². The number of phenols is 1. The van der Waals surface area contributed by atoms with Crippen LogP contribution in [-0.4, -0.2) is 87.0 Å². The molecule has 0 saturated carbocycles. The van der Waals surface area contributed by atoms with Gasteiger partial charge in [-0.1, -0.05) is 39.2 Å². The van der Waals surface area contributed by atoms with Crippen molar-refractivity contribution in [1.29, 1.82) is 0 Å². The summed E-state index contributed by atoms with van der Waals surface area (Å²) in [6.07, 6.45) is 12.2. The van der Waals surface area contributed by atoms with Gasteiger partial charge in [0.15, 0.2) is 17.8 Å². The number of hydrogen-bond donors (Lipinski definition) is 6. The van der Waals surface area contributed by atoms with Gasteiger partial charge in [0.25, 0.3) is 0 Å². The second kappa shape index (κ2) is 30.6. The van der Waals surface area contributed by atoms with Crippen LogP contribution in [0.1, 0.15) is 103 Å². The molecular formula is C37H68ClN7O4. The molecule has 12 heteroatoms. The first-order valence-electron chi connectivity index (χ1n) is 18.6. The molecule has 0 spiro atoms. The van der Waals surface area contributed by atoms with Crippen molar-refractivity contribution in [2.75, 3.05) is 64.9 Å². The van der Waals surface area contributed by atoms with Crippen molar-refractivity contribution in [2.45, 2.75) is 117 Å². The van der Waals surface area contributed by atoms with Gasteiger partial charge in [-0.3, -0.25) is 0 Å². The van der Waals surface area contributed by atoms with Gasteiger partial charge in [-0.25, -0.2) is 9.97 Å². The van der Waals surface area contributed by atoms with Crippen LogP contribution >= 0.6 is 11.6 Å². The molecule has 2 rings (SSSR count). The number of phenolic OH excluding ortho intramolecular Hbond substituents is 1. The smallest absolute Gasteiger partial charge is 0.224 e. The molecular weight excluding hydrogens is 642 g/mol. The summed E-state index contributed by atoms with van der Waals surface area (Å²) < 4.78 is 16.0. The molecule has 0 amide bonds. The molecule has 0 aliphatic heterocycles. The van der Waals surface area contributed by atoms with Gasteiger partial charge >= 0.3 is 0 Å². The molecule has 0 radical (unpaired) electrons. The molecule has 49 heavy (non-hydrogen) atoms. The van der Waals surface area contributed by atoms with E-state index in [0.717, 1.165) is 108 Å². The number of nitrogens with zero attached hydrogens (tertiary/aromatic N) is 2. The van der Waals surface area contributed by atoms with Crippen molar-refractivity contribution < 1.29 is 19.3 Å². The second-order valence-corrected chi connectivity index (χ2v) is 12.4. The molecule has 7 N–H and O–H groups in total. The summed E-state index contributed by atoms with van der Waals surface area (Å²) in [5, 5.41) is 23.6. The highest BCUT2D eigenvalue weighted by atomic mass is 35.5. The van der Waals surface area contributed by atoms with E-state index < -0.39 is 0 Å². The van der Waals surface area contributed by atoms with E-state index in [2.05, 4.69) is 45.1 Å². The molecule has 2 atom stereocenters. The Bertz CT molecular complexity index is 1070. The van der Waals surface area contributed by atoms with Crippen LogP contribution in [0.4, 0.5) is 5.82 Å². The lowest BCUT2D eigenvalue weighted by Crippen LogP contribution is -2.24. The zero-order valence-electron chi connectivity index (χ0n) is 31.1. The number of aryl methyl sites for hydroxylation is 1. The predicted octanol–water partition coefficient (Wildman–Crippen LogP) is 6.42. The summed E-state index contributed by atoms with van der Waals surface area (Å²) in [5.41, 5.74) is 7.52. The molecule has 0 saturated heterocycles. The number of unbranched alkanes of at least 4 members (excludes halogenated alkanes) is 4. The normalized spacial score (nSPS) is 12.3. The molecule has 2 aromatic rings. The van der Waals surface area contributed by atoms with Crippen LogP contribution in [0.15, 0.2) is 24.3 Å². The first-order chi connectivity index (χ1) is 23.9. The van der Waals surface area contributed by atoms with Crippen molar-refractivity contribution in [2.24, 2.45) is 5.73 Å². The third-order valence-corrected chi connectivity index (χ3v) is 8.12. The van der Waals surface area contributed by atoms with Gasteiger partial charge in [-0.15, -0.1) is 0 Å². The fourth-order valence-electron chi connectivity index (χ4n) is 5.07. The number of halogens is 1. The highest BCUT2D eigenvalue weighted by molar-refractivity contribution is 6.28. The zero-order chi connectivity index (χ0) is 36.0. The second-order valence-electron chi connectivity index (χ2n) is 12.1. The van der Waals surface area contributed by atoms with Crippen LogP contribution < -0.4 is 31.7 Å². The number of rotatable bonds is 29. The molecule has 0 aliphatic carbocycles. The van der Waals surface area contributed by atoms with Crippen molar-refractivity contribution in [3.63, 3.8) is 0 Å². The molecule has 11 nitrogen and oxygen atoms in total. The minimum atomic E-state index is -0.0913. The number of nitrogens with two attached hydrogens (primary N) is 1. The minimum Gasteiger partial charge on any atom is -0.504 e. The lowest BCUT2D eigenvalue weighted by Gasteiger charge is -2.18. The van der Waals surface area contributed by atoms with E-state index in [0.29, 0.717) is 23.7 Å². The van der Waals surface area contributed by atoms with Gasteiger partial charge in [0.2, 0.25) is 5.28 Å². The highest BCUT2D eigenvalue weighted by Gasteiger charge is 2.09. The Morgan fingerprint density at radius 2 is 1.53 bits per heavy atom. The first-order valence-corrected chi connectivity index (χ1v) is 19.0. The number of methoxy groups -OCH3 is 1. The van der Waals surface area contributed by atoms with Gasteiger partial charge in [0.05, 0.1) is 7.11 Å². The first kappa shape index (κ1) is 44.8. The number of aromatic hydroxyl groups is 1. The third kappa shape index (κ3) is 23.7. The number of ether oxygens (including phenoxy) is 3. The summed E-state index contributed by atoms with van der Waals surface area (Å²) in [6, 6.07) is 7.85. The van der Waals surface area contributed by atoms with Crippen LogP contribution in [0.2, 0.25) is 5.28 Å². The van der Waals surface area contributed by atoms with E-state index in [1.54, 1.807) is 13.2 Å². The van der Waals surface area contributed by atoms with Crippen molar-refractivity contribution in [3.8, 4) is 11.5 Å². The summed E-state index contributed by atoms with van der Waals surface area (Å²) in [5.74, 6) is 1.54. The fraction of sp³-hybridized carbons (Fsp3) is 0.730. The molecule has 1 heterocycles. The van der Waals surface area contributed by atoms with Gasteiger partial charge < -0.3 is 46.3 Å². The fourth-order valence-corrected chi connectivity index (χ4v) is 5.27. The van der Waals surface area contributed by atoms with Crippen LogP contribution in [0, 0.1) is 0 Å². The van der Waals surface area contributed by atoms with Gasteiger partial charge in [0, 0.05) is 37.6 Å². The third-order valence-electron chi connectivity index (χ3n) is 7.95. The maximum atomic E-state index is 9.56. The average Bonchev–Trinajstić information content (AvgIpc) is 3.10. The zero-order valence-corrected chi connectivity index (χ0v) is 31.9. The van der Waals surface area contributed by atoms with Crippen molar-refractivity contribution in [3.05, 3.63) is 40.8 Å². The Hall–Kier alpha value is -2.25. The average molecular weight is 710 g/mol. The monoisotopic (exact) mass is 710 g/mol. The van der Waals surface area contributed by atoms with E-state index in [4.69, 9.17) is 31.5 Å². The van der Waals surface area contributed by atoms with E-state index in [-0.39, 0.29) is 12.0 Å². The lowest BCUT2D eigenvalue weighted by atomic mass is 10.1. The Morgan fingerprint density at radius 3 is 2.20 bits per heavy atom. The van der Waals surface area contributed by atoms with Crippen molar-refractivity contribution >= 4 is 17.4 Å². The summed E-state index contributed by atoms with van der Waals surface area (Å²) in [7, 11) is 1.56. The molecule has 0 aliphatic rings. The van der Waals surface area contributed by atoms with Gasteiger partial charge in [0.1, 0.15) is 5.82 Å². The van der Waals surface area contributed by atoms with Gasteiger partial charge in [-0.2, -0.15) is 0 Å². The number of hydrogen-bond acceptors (Lipinski definition) is 11. The Balaban J connectivity index is 0.000000490. The summed E-state index contributed by atoms with van der Waals surface area (Å²) in [6.45, 7) is 16.4. The number of nitrogens with one attached hydrogen (secondary N) is 4. The maximum absolute atomic E-state index is 9.56. The number of anilines is 1. The van der Waals surface area contributed by atoms with Crippen LogP contribution in [0.5, 0.6) is 11.5 Å². The molecule has 0 bridgehead atoms. The summed E-state index contributed by atoms with van der Waals surface area (Å²) >= 11 is 5.99. The number of benzene rings is 1. The Morgan fingerprint density at radius 1 is 0.837 bits per heavy atom. The van der Waals surface area contributed by atoms with E-state index in [9.17, 15) is 5.11 Å². The summed E-state index contributed by atoms with van der Waals surface area (Å²) in [4.78, 5) is 8.49. The largest absolute Gasteiger partial charge is 0.504 e. The van der Waals surface area contributed by atoms with Gasteiger partial charge in [-0.05, 0) is 134 Å². The highest BCUT2D eigenvalue weighted by Crippen LogP contribution is 2.26.